The number of Topliss-reactive ketones (excluding diaryl/α,β-unsaturated/α-hetero) is 1. The van der Waals surface area contributed by atoms with Gasteiger partial charge < -0.3 is 10.0 Å². The lowest BCUT2D eigenvalue weighted by Gasteiger charge is -2.39. The largest absolute Gasteiger partial charge is 0.475 e. The standard InChI is InChI=1S/C21H19ClN4O4S/c1-12-9-25(10-13-5-3-2-4-6-13)7-8-26(12)20(28)16-19(22)23-14-11-31-18(15(14)24-16)17(27)21(29)30/h2-6,11-12H,7-10H2,1H3,(H,29,30). The van der Waals surface area contributed by atoms with Crippen LogP contribution in [0.1, 0.15) is 32.6 Å². The molecule has 0 aliphatic carbocycles. The second-order valence-corrected chi connectivity index (χ2v) is 8.60. The van der Waals surface area contributed by atoms with E-state index in [1.807, 2.05) is 25.1 Å². The van der Waals surface area contributed by atoms with Crippen molar-refractivity contribution in [2.24, 2.45) is 0 Å². The average molecular weight is 459 g/mol. The number of piperazine rings is 1. The molecule has 31 heavy (non-hydrogen) atoms. The van der Waals surface area contributed by atoms with E-state index in [1.165, 1.54) is 10.9 Å². The number of hydrogen-bond acceptors (Lipinski definition) is 7. The van der Waals surface area contributed by atoms with Crippen LogP contribution in [0, 0.1) is 0 Å². The zero-order valence-electron chi connectivity index (χ0n) is 16.6. The Balaban J connectivity index is 1.55. The first-order valence-electron chi connectivity index (χ1n) is 9.64. The molecule has 3 heterocycles. The van der Waals surface area contributed by atoms with Gasteiger partial charge in [-0.3, -0.25) is 14.5 Å². The molecule has 160 valence electrons. The molecule has 1 saturated heterocycles. The van der Waals surface area contributed by atoms with Crippen LogP contribution in [0.3, 0.4) is 0 Å². The highest BCUT2D eigenvalue weighted by Gasteiger charge is 2.31. The number of nitrogens with zero attached hydrogens (tertiary/aromatic N) is 4. The predicted molar refractivity (Wildman–Crippen MR) is 117 cm³/mol. The molecule has 1 unspecified atom stereocenters. The second-order valence-electron chi connectivity index (χ2n) is 7.36. The minimum Gasteiger partial charge on any atom is -0.475 e. The normalized spacial score (nSPS) is 17.1. The summed E-state index contributed by atoms with van der Waals surface area (Å²) in [4.78, 5) is 48.5. The highest BCUT2D eigenvalue weighted by Crippen LogP contribution is 2.27. The van der Waals surface area contributed by atoms with Gasteiger partial charge in [-0.25, -0.2) is 14.8 Å². The maximum absolute atomic E-state index is 13.2. The number of aromatic nitrogens is 2. The van der Waals surface area contributed by atoms with Crippen LogP contribution in [0.25, 0.3) is 11.0 Å². The van der Waals surface area contributed by atoms with Crippen molar-refractivity contribution in [3.05, 3.63) is 57.0 Å². The number of carboxylic acid groups (broad SMARTS) is 1. The molecule has 3 aromatic rings. The van der Waals surface area contributed by atoms with Gasteiger partial charge in [0.15, 0.2) is 10.8 Å². The fraction of sp³-hybridized carbons (Fsp3) is 0.286. The summed E-state index contributed by atoms with van der Waals surface area (Å²) in [7, 11) is 0. The lowest BCUT2D eigenvalue weighted by atomic mass is 10.1. The van der Waals surface area contributed by atoms with Gasteiger partial charge in [0.25, 0.3) is 11.7 Å². The summed E-state index contributed by atoms with van der Waals surface area (Å²) >= 11 is 7.14. The van der Waals surface area contributed by atoms with Crippen molar-refractivity contribution in [1.82, 2.24) is 19.8 Å². The quantitative estimate of drug-likeness (QED) is 0.463. The molecular weight excluding hydrogens is 440 g/mol. The van der Waals surface area contributed by atoms with Crippen molar-refractivity contribution in [2.75, 3.05) is 19.6 Å². The van der Waals surface area contributed by atoms with Crippen molar-refractivity contribution in [2.45, 2.75) is 19.5 Å². The third-order valence-electron chi connectivity index (χ3n) is 5.21. The zero-order chi connectivity index (χ0) is 22.1. The van der Waals surface area contributed by atoms with Gasteiger partial charge in [0.05, 0.1) is 0 Å². The molecule has 0 bridgehead atoms. The summed E-state index contributed by atoms with van der Waals surface area (Å²) in [5.74, 6) is -3.05. The molecule has 0 spiro atoms. The lowest BCUT2D eigenvalue weighted by molar-refractivity contribution is -0.131. The fourth-order valence-electron chi connectivity index (χ4n) is 3.70. The Labute approximate surface area is 187 Å². The lowest BCUT2D eigenvalue weighted by Crippen LogP contribution is -2.53. The number of aliphatic carboxylic acids is 1. The molecule has 0 saturated carbocycles. The van der Waals surface area contributed by atoms with Gasteiger partial charge in [0.1, 0.15) is 15.9 Å². The molecule has 1 atom stereocenters. The SMILES string of the molecule is CC1CN(Cc2ccccc2)CCN1C(=O)c1nc2c(C(=O)C(=O)O)scc2nc1Cl. The minimum absolute atomic E-state index is 0.0662. The molecule has 1 aromatic carbocycles. The zero-order valence-corrected chi connectivity index (χ0v) is 18.2. The number of carbonyl (C=O) groups is 3. The molecular formula is C21H19ClN4O4S. The van der Waals surface area contributed by atoms with Crippen LogP contribution >= 0.6 is 22.9 Å². The van der Waals surface area contributed by atoms with Crippen LogP contribution in [0.15, 0.2) is 35.7 Å². The van der Waals surface area contributed by atoms with Crippen LogP contribution < -0.4 is 0 Å². The number of ketones is 1. The summed E-state index contributed by atoms with van der Waals surface area (Å²) in [6.07, 6.45) is 0. The van der Waals surface area contributed by atoms with Gasteiger partial charge in [-0.15, -0.1) is 11.3 Å². The Kier molecular flexibility index (Phi) is 5.99. The van der Waals surface area contributed by atoms with Crippen LogP contribution in [0.2, 0.25) is 5.15 Å². The number of halogens is 1. The van der Waals surface area contributed by atoms with E-state index >= 15 is 0 Å². The Morgan fingerprint density at radius 2 is 1.94 bits per heavy atom. The first-order valence-corrected chi connectivity index (χ1v) is 10.9. The smallest absolute Gasteiger partial charge is 0.378 e. The van der Waals surface area contributed by atoms with Crippen LogP contribution in [0.5, 0.6) is 0 Å². The van der Waals surface area contributed by atoms with Crippen molar-refractivity contribution in [3.8, 4) is 0 Å². The molecule has 0 radical (unpaired) electrons. The predicted octanol–water partition coefficient (Wildman–Crippen LogP) is 2.96. The van der Waals surface area contributed by atoms with Gasteiger partial charge >= 0.3 is 5.97 Å². The number of rotatable bonds is 5. The summed E-state index contributed by atoms with van der Waals surface area (Å²) in [6.45, 7) is 4.64. The number of amides is 1. The van der Waals surface area contributed by atoms with Gasteiger partial charge in [-0.1, -0.05) is 41.9 Å². The highest BCUT2D eigenvalue weighted by molar-refractivity contribution is 7.14. The maximum Gasteiger partial charge on any atom is 0.378 e. The van der Waals surface area contributed by atoms with E-state index in [9.17, 15) is 14.4 Å². The van der Waals surface area contributed by atoms with Crippen molar-refractivity contribution >= 4 is 51.6 Å². The first kappa shape index (κ1) is 21.4. The molecule has 1 aliphatic rings. The van der Waals surface area contributed by atoms with Crippen molar-refractivity contribution in [3.63, 3.8) is 0 Å². The van der Waals surface area contributed by atoms with Gasteiger partial charge in [-0.05, 0) is 12.5 Å². The number of thiophene rings is 1. The fourth-order valence-corrected chi connectivity index (χ4v) is 4.76. The molecule has 10 heteroatoms. The Morgan fingerprint density at radius 3 is 2.61 bits per heavy atom. The molecule has 8 nitrogen and oxygen atoms in total. The Bertz CT molecular complexity index is 1170. The number of carboxylic acids is 1. The van der Waals surface area contributed by atoms with E-state index < -0.39 is 11.8 Å². The number of carbonyl (C=O) groups excluding carboxylic acids is 2. The average Bonchev–Trinajstić information content (AvgIpc) is 3.15. The van der Waals surface area contributed by atoms with Gasteiger partial charge in [0, 0.05) is 37.6 Å². The van der Waals surface area contributed by atoms with E-state index in [1.54, 1.807) is 4.90 Å². The molecule has 1 aliphatic heterocycles. The first-order chi connectivity index (χ1) is 14.8. The monoisotopic (exact) mass is 458 g/mol. The third-order valence-corrected chi connectivity index (χ3v) is 6.43. The van der Waals surface area contributed by atoms with E-state index in [0.717, 1.165) is 17.9 Å². The van der Waals surface area contributed by atoms with Gasteiger partial charge in [-0.2, -0.15) is 0 Å². The van der Waals surface area contributed by atoms with E-state index in [-0.39, 0.29) is 38.7 Å². The van der Waals surface area contributed by atoms with E-state index in [2.05, 4.69) is 27.0 Å². The molecule has 2 aromatic heterocycles. The number of benzene rings is 1. The third kappa shape index (κ3) is 4.30. The van der Waals surface area contributed by atoms with E-state index in [4.69, 9.17) is 16.7 Å². The number of fused-ring (bicyclic) bond motifs is 1. The second kappa shape index (κ2) is 8.70. The minimum atomic E-state index is -1.59. The van der Waals surface area contributed by atoms with Crippen molar-refractivity contribution < 1.29 is 19.5 Å². The molecule has 1 fully saturated rings. The number of hydrogen-bond donors (Lipinski definition) is 1. The highest BCUT2D eigenvalue weighted by atomic mass is 35.5. The van der Waals surface area contributed by atoms with Gasteiger partial charge in [0.2, 0.25) is 0 Å². The molecule has 1 amide bonds. The maximum atomic E-state index is 13.2. The summed E-state index contributed by atoms with van der Waals surface area (Å²) in [5, 5.41) is 10.5. The topological polar surface area (TPSA) is 104 Å². The van der Waals surface area contributed by atoms with Crippen molar-refractivity contribution in [1.29, 1.82) is 0 Å². The van der Waals surface area contributed by atoms with Crippen LogP contribution in [-0.4, -0.2) is 68.2 Å². The van der Waals surface area contributed by atoms with Crippen LogP contribution in [-0.2, 0) is 11.3 Å². The Morgan fingerprint density at radius 1 is 1.19 bits per heavy atom. The Hall–Kier alpha value is -2.88. The van der Waals surface area contributed by atoms with E-state index in [0.29, 0.717) is 19.6 Å². The summed E-state index contributed by atoms with van der Waals surface area (Å²) in [5.41, 5.74) is 1.51. The summed E-state index contributed by atoms with van der Waals surface area (Å²) in [6, 6.07) is 10.0. The summed E-state index contributed by atoms with van der Waals surface area (Å²) < 4.78 is 0. The molecule has 1 N–H and O–H groups in total. The van der Waals surface area contributed by atoms with Crippen LogP contribution in [0.4, 0.5) is 0 Å². The molecule has 4 rings (SSSR count).